The Labute approximate surface area is 186 Å². The Kier molecular flexibility index (Phi) is 5.98. The van der Waals surface area contributed by atoms with Crippen LogP contribution in [0.3, 0.4) is 0 Å². The van der Waals surface area contributed by atoms with E-state index in [1.807, 2.05) is 0 Å². The molecule has 152 valence electrons. The zero-order valence-corrected chi connectivity index (χ0v) is 18.1. The van der Waals surface area contributed by atoms with E-state index in [0.29, 0.717) is 0 Å². The van der Waals surface area contributed by atoms with Crippen LogP contribution in [0.15, 0.2) is 54.6 Å². The van der Waals surface area contributed by atoms with Crippen LogP contribution in [-0.2, 0) is 14.9 Å². The first-order valence-corrected chi connectivity index (χ1v) is 10.8. The minimum atomic E-state index is -5.13. The third kappa shape index (κ3) is 3.77. The Balaban J connectivity index is 2.65. The average Bonchev–Trinajstić information content (AvgIpc) is 2.61. The van der Waals surface area contributed by atoms with Gasteiger partial charge in [-0.25, -0.2) is 0 Å². The summed E-state index contributed by atoms with van der Waals surface area (Å²) in [6.07, 6.45) is 0. The van der Waals surface area contributed by atoms with E-state index >= 15 is 0 Å². The van der Waals surface area contributed by atoms with E-state index in [2.05, 4.69) is 0 Å². The molecule has 0 radical (unpaired) electrons. The lowest BCUT2D eigenvalue weighted by Gasteiger charge is -2.34. The second kappa shape index (κ2) is 7.87. The van der Waals surface area contributed by atoms with Gasteiger partial charge in [0.05, 0.1) is 10.0 Å². The molecule has 10 heteroatoms. The first-order valence-electron chi connectivity index (χ1n) is 7.89. The highest BCUT2D eigenvalue weighted by atomic mass is 35.5. The molecule has 1 unspecified atom stereocenters. The molecule has 0 bridgehead atoms. The average molecular weight is 494 g/mol. The van der Waals surface area contributed by atoms with Crippen molar-refractivity contribution in [3.05, 3.63) is 91.4 Å². The fraction of sp³-hybridized carbons (Fsp3) is 0.0526. The largest absolute Gasteiger partial charge is 0.508 e. The normalized spacial score (nSPS) is 13.8. The molecule has 3 aromatic rings. The maximum Gasteiger partial charge on any atom is 0.283 e. The van der Waals surface area contributed by atoms with Crippen molar-refractivity contribution in [2.24, 2.45) is 0 Å². The van der Waals surface area contributed by atoms with Crippen molar-refractivity contribution in [1.29, 1.82) is 0 Å². The predicted molar refractivity (Wildman–Crippen MR) is 114 cm³/mol. The monoisotopic (exact) mass is 492 g/mol. The van der Waals surface area contributed by atoms with Crippen LogP contribution in [0.2, 0.25) is 20.1 Å². The Bertz CT molecular complexity index is 1210. The minimum Gasteiger partial charge on any atom is -0.508 e. The van der Waals surface area contributed by atoms with Gasteiger partial charge in [-0.2, -0.15) is 8.42 Å². The van der Waals surface area contributed by atoms with Crippen LogP contribution in [0, 0.1) is 0 Å². The quantitative estimate of drug-likeness (QED) is 0.182. The summed E-state index contributed by atoms with van der Waals surface area (Å²) in [5, 5.41) is 20.4. The lowest BCUT2D eigenvalue weighted by Crippen LogP contribution is -2.38. The molecule has 0 amide bonds. The minimum absolute atomic E-state index is 0.0316. The summed E-state index contributed by atoms with van der Waals surface area (Å²) in [7, 11) is -5.13. The van der Waals surface area contributed by atoms with Crippen molar-refractivity contribution in [3.63, 3.8) is 0 Å². The van der Waals surface area contributed by atoms with Crippen molar-refractivity contribution in [3.8, 4) is 11.5 Å². The van der Waals surface area contributed by atoms with E-state index in [4.69, 9.17) is 46.4 Å². The molecule has 0 aliphatic rings. The molecule has 0 fully saturated rings. The number of hydrogen-bond acceptors (Lipinski definition) is 4. The highest BCUT2D eigenvalue weighted by molar-refractivity contribution is 7.87. The molecule has 0 saturated heterocycles. The fourth-order valence-corrected chi connectivity index (χ4v) is 5.50. The van der Waals surface area contributed by atoms with E-state index in [1.165, 1.54) is 36.4 Å². The van der Waals surface area contributed by atoms with Crippen molar-refractivity contribution in [1.82, 2.24) is 0 Å². The summed E-state index contributed by atoms with van der Waals surface area (Å²) in [6.45, 7) is 0. The maximum absolute atomic E-state index is 13.0. The van der Waals surface area contributed by atoms with Gasteiger partial charge in [0.25, 0.3) is 10.1 Å². The molecule has 3 aromatic carbocycles. The summed E-state index contributed by atoms with van der Waals surface area (Å²) in [6, 6.07) is 11.3. The van der Waals surface area contributed by atoms with Gasteiger partial charge in [0.2, 0.25) is 0 Å². The molecular weight excluding hydrogens is 482 g/mol. The molecule has 5 nitrogen and oxygen atoms in total. The van der Waals surface area contributed by atoms with Crippen molar-refractivity contribution >= 4 is 56.5 Å². The topological polar surface area (TPSA) is 94.8 Å². The Morgan fingerprint density at radius 3 is 2.10 bits per heavy atom. The van der Waals surface area contributed by atoms with E-state index in [9.17, 15) is 23.2 Å². The molecule has 3 rings (SSSR count). The van der Waals surface area contributed by atoms with Crippen molar-refractivity contribution in [2.75, 3.05) is 0 Å². The van der Waals surface area contributed by atoms with E-state index in [1.54, 1.807) is 0 Å². The number of phenols is 2. The first kappa shape index (κ1) is 22.0. The molecule has 0 aromatic heterocycles. The number of benzene rings is 3. The zero-order valence-electron chi connectivity index (χ0n) is 14.3. The van der Waals surface area contributed by atoms with Crippen LogP contribution in [0.1, 0.15) is 16.7 Å². The highest BCUT2D eigenvalue weighted by Gasteiger charge is 2.52. The van der Waals surface area contributed by atoms with Crippen molar-refractivity contribution < 1.29 is 23.2 Å². The van der Waals surface area contributed by atoms with Crippen LogP contribution in [0.5, 0.6) is 11.5 Å². The maximum atomic E-state index is 13.0. The van der Waals surface area contributed by atoms with E-state index < -0.39 is 20.6 Å². The Hall–Kier alpha value is -1.67. The van der Waals surface area contributed by atoms with Crippen LogP contribution in [-0.4, -0.2) is 23.2 Å². The SMILES string of the molecule is O=S(=O)(O)C(c1cccc(Cl)c1)(c1cc(O)ccc1O)c1cc(Cl)cc(Cl)c1Cl. The number of aromatic hydroxyl groups is 2. The third-order valence-electron chi connectivity index (χ3n) is 4.35. The fourth-order valence-electron chi connectivity index (χ4n) is 3.21. The van der Waals surface area contributed by atoms with Gasteiger partial charge < -0.3 is 10.2 Å². The number of hydrogen-bond donors (Lipinski definition) is 3. The molecule has 0 aliphatic carbocycles. The smallest absolute Gasteiger partial charge is 0.283 e. The zero-order chi connectivity index (χ0) is 21.6. The van der Waals surface area contributed by atoms with Gasteiger partial charge >= 0.3 is 0 Å². The van der Waals surface area contributed by atoms with Gasteiger partial charge in [-0.1, -0.05) is 58.5 Å². The lowest BCUT2D eigenvalue weighted by molar-refractivity contribution is 0.434. The second-order valence-electron chi connectivity index (χ2n) is 6.12. The van der Waals surface area contributed by atoms with Gasteiger partial charge in [0.15, 0.2) is 4.75 Å². The highest BCUT2D eigenvalue weighted by Crippen LogP contribution is 2.51. The molecule has 0 spiro atoms. The summed E-state index contributed by atoms with van der Waals surface area (Å²) >= 11 is 24.6. The Morgan fingerprint density at radius 2 is 1.48 bits per heavy atom. The molecule has 0 saturated carbocycles. The molecule has 0 aliphatic heterocycles. The molecule has 29 heavy (non-hydrogen) atoms. The standard InChI is InChI=1S/C19H12Cl4O5S/c20-11-3-1-2-10(6-11)19(29(26,27)28,14-9-13(24)4-5-17(14)25)15-7-12(21)8-16(22)18(15)23/h1-9,24-25H,(H,26,27,28). The third-order valence-corrected chi connectivity index (χ3v) is 7.05. The lowest BCUT2D eigenvalue weighted by atomic mass is 9.83. The summed E-state index contributed by atoms with van der Waals surface area (Å²) in [5.74, 6) is -0.898. The van der Waals surface area contributed by atoms with Gasteiger partial charge in [0.1, 0.15) is 11.5 Å². The van der Waals surface area contributed by atoms with E-state index in [-0.39, 0.29) is 42.5 Å². The Morgan fingerprint density at radius 1 is 0.793 bits per heavy atom. The van der Waals surface area contributed by atoms with Gasteiger partial charge in [-0.15, -0.1) is 0 Å². The summed E-state index contributed by atoms with van der Waals surface area (Å²) < 4.78 is 33.9. The van der Waals surface area contributed by atoms with E-state index in [0.717, 1.165) is 18.2 Å². The van der Waals surface area contributed by atoms with Crippen molar-refractivity contribution in [2.45, 2.75) is 4.75 Å². The van der Waals surface area contributed by atoms with Gasteiger partial charge in [0, 0.05) is 21.2 Å². The van der Waals surface area contributed by atoms with Crippen LogP contribution in [0.4, 0.5) is 0 Å². The first-order chi connectivity index (χ1) is 13.5. The number of rotatable bonds is 4. The second-order valence-corrected chi connectivity index (χ2v) is 9.34. The number of phenolic OH excluding ortho intramolecular Hbond substituents is 2. The number of halogens is 4. The predicted octanol–water partition coefficient (Wildman–Crippen LogP) is 5.89. The van der Waals surface area contributed by atoms with Crippen LogP contribution in [0.25, 0.3) is 0 Å². The molecule has 0 heterocycles. The van der Waals surface area contributed by atoms with Gasteiger partial charge in [-0.3, -0.25) is 4.55 Å². The van der Waals surface area contributed by atoms with Gasteiger partial charge in [-0.05, 0) is 48.0 Å². The molecular formula is C19H12Cl4O5S. The van der Waals surface area contributed by atoms with Crippen LogP contribution < -0.4 is 0 Å². The van der Waals surface area contributed by atoms with Crippen LogP contribution >= 0.6 is 46.4 Å². The summed E-state index contributed by atoms with van der Waals surface area (Å²) in [5.41, 5.74) is -0.668. The molecule has 1 atom stereocenters. The summed E-state index contributed by atoms with van der Waals surface area (Å²) in [4.78, 5) is 0. The molecule has 3 N–H and O–H groups in total.